The van der Waals surface area contributed by atoms with Crippen LogP contribution in [0.25, 0.3) is 0 Å². The van der Waals surface area contributed by atoms with Gasteiger partial charge in [-0.3, -0.25) is 4.79 Å². The molecule has 0 spiro atoms. The van der Waals surface area contributed by atoms with Crippen LogP contribution in [-0.4, -0.2) is 32.5 Å². The van der Waals surface area contributed by atoms with E-state index in [1.807, 2.05) is 0 Å². The van der Waals surface area contributed by atoms with Gasteiger partial charge in [-0.1, -0.05) is 0 Å². The summed E-state index contributed by atoms with van der Waals surface area (Å²) in [5.74, 6) is -0.568. The van der Waals surface area contributed by atoms with Crippen LogP contribution < -0.4 is 15.8 Å². The Hall–Kier alpha value is -1.44. The number of piperidine rings is 1. The van der Waals surface area contributed by atoms with Gasteiger partial charge in [0.1, 0.15) is 0 Å². The molecule has 1 aromatic carbocycles. The van der Waals surface area contributed by atoms with Crippen LogP contribution in [0.3, 0.4) is 0 Å². The third-order valence-electron chi connectivity index (χ3n) is 4.24. The van der Waals surface area contributed by atoms with Gasteiger partial charge in [-0.2, -0.15) is 0 Å². The molecule has 2 unspecified atom stereocenters. The Labute approximate surface area is 124 Å². The minimum atomic E-state index is -3.55. The van der Waals surface area contributed by atoms with Crippen LogP contribution in [0.1, 0.15) is 36.0 Å². The Kier molecular flexibility index (Phi) is 3.73. The average molecular weight is 309 g/mol. The summed E-state index contributed by atoms with van der Waals surface area (Å²) in [6.45, 7) is 0. The first kappa shape index (κ1) is 14.5. The lowest BCUT2D eigenvalue weighted by atomic mass is 10.0. The number of nitrogens with one attached hydrogen (secondary N) is 2. The normalized spacial score (nSPS) is 28.5. The molecule has 114 valence electrons. The number of hydrogen-bond acceptors (Lipinski definition) is 4. The van der Waals surface area contributed by atoms with Crippen molar-refractivity contribution in [3.63, 3.8) is 0 Å². The van der Waals surface area contributed by atoms with Gasteiger partial charge < -0.3 is 11.1 Å². The van der Waals surface area contributed by atoms with Crippen molar-refractivity contribution in [1.82, 2.24) is 10.0 Å². The lowest BCUT2D eigenvalue weighted by molar-refractivity contribution is 0.1000. The van der Waals surface area contributed by atoms with E-state index in [-0.39, 0.29) is 10.9 Å². The van der Waals surface area contributed by atoms with Crippen LogP contribution in [0.15, 0.2) is 29.2 Å². The predicted molar refractivity (Wildman–Crippen MR) is 78.2 cm³/mol. The van der Waals surface area contributed by atoms with Crippen molar-refractivity contribution in [2.75, 3.05) is 0 Å². The third kappa shape index (κ3) is 3.09. The summed E-state index contributed by atoms with van der Waals surface area (Å²) >= 11 is 0. The van der Waals surface area contributed by atoms with Crippen molar-refractivity contribution in [2.24, 2.45) is 5.73 Å². The topological polar surface area (TPSA) is 101 Å². The Morgan fingerprint density at radius 3 is 2.24 bits per heavy atom. The number of nitrogens with two attached hydrogens (primary N) is 1. The summed E-state index contributed by atoms with van der Waals surface area (Å²) in [6, 6.07) is 6.52. The quantitative estimate of drug-likeness (QED) is 0.747. The van der Waals surface area contributed by atoms with Gasteiger partial charge in [-0.15, -0.1) is 0 Å². The van der Waals surface area contributed by atoms with E-state index in [0.29, 0.717) is 17.6 Å². The van der Waals surface area contributed by atoms with E-state index in [0.717, 1.165) is 25.7 Å². The lowest BCUT2D eigenvalue weighted by Gasteiger charge is -2.29. The van der Waals surface area contributed by atoms with E-state index in [4.69, 9.17) is 5.73 Å². The fraction of sp³-hybridized carbons (Fsp3) is 0.500. The summed E-state index contributed by atoms with van der Waals surface area (Å²) in [7, 11) is -3.55. The van der Waals surface area contributed by atoms with Gasteiger partial charge in [0.25, 0.3) is 0 Å². The van der Waals surface area contributed by atoms with Crippen LogP contribution in [-0.2, 0) is 10.0 Å². The molecule has 6 nitrogen and oxygen atoms in total. The zero-order valence-corrected chi connectivity index (χ0v) is 12.4. The Bertz CT molecular complexity index is 630. The maximum absolute atomic E-state index is 12.4. The molecule has 2 heterocycles. The molecule has 3 rings (SSSR count). The van der Waals surface area contributed by atoms with Gasteiger partial charge in [-0.05, 0) is 49.9 Å². The molecule has 7 heteroatoms. The molecule has 2 saturated heterocycles. The molecule has 1 aromatic rings. The molecule has 21 heavy (non-hydrogen) atoms. The standard InChI is InChI=1S/C14H19N3O3S/c15-14(18)9-1-5-13(6-2-9)21(19,20)17-12-7-10-3-4-11(8-12)16-10/h1-2,5-6,10-12,16-17H,3-4,7-8H2,(H2,15,18). The second-order valence-electron chi connectivity index (χ2n) is 5.82. The minimum Gasteiger partial charge on any atom is -0.366 e. The summed E-state index contributed by atoms with van der Waals surface area (Å²) in [6.07, 6.45) is 3.90. The van der Waals surface area contributed by atoms with E-state index < -0.39 is 15.9 Å². The summed E-state index contributed by atoms with van der Waals surface area (Å²) in [4.78, 5) is 11.2. The number of carbonyl (C=O) groups excluding carboxylic acids is 1. The summed E-state index contributed by atoms with van der Waals surface area (Å²) in [5.41, 5.74) is 5.45. The Morgan fingerprint density at radius 1 is 1.14 bits per heavy atom. The highest BCUT2D eigenvalue weighted by Crippen LogP contribution is 2.27. The van der Waals surface area contributed by atoms with Crippen molar-refractivity contribution in [2.45, 2.75) is 48.7 Å². The SMILES string of the molecule is NC(=O)c1ccc(S(=O)(=O)NC2CC3CCC(C2)N3)cc1. The largest absolute Gasteiger partial charge is 0.366 e. The van der Waals surface area contributed by atoms with Crippen LogP contribution in [0, 0.1) is 0 Å². The molecule has 0 aromatic heterocycles. The molecular formula is C14H19N3O3S. The molecule has 0 radical (unpaired) electrons. The van der Waals surface area contributed by atoms with E-state index in [9.17, 15) is 13.2 Å². The van der Waals surface area contributed by atoms with E-state index >= 15 is 0 Å². The summed E-state index contributed by atoms with van der Waals surface area (Å²) in [5, 5.41) is 3.48. The third-order valence-corrected chi connectivity index (χ3v) is 5.78. The summed E-state index contributed by atoms with van der Waals surface area (Å²) < 4.78 is 27.5. The van der Waals surface area contributed by atoms with E-state index in [1.54, 1.807) is 0 Å². The first-order chi connectivity index (χ1) is 9.94. The fourth-order valence-corrected chi connectivity index (χ4v) is 4.50. The van der Waals surface area contributed by atoms with Crippen LogP contribution in [0.5, 0.6) is 0 Å². The van der Waals surface area contributed by atoms with Gasteiger partial charge >= 0.3 is 0 Å². The number of hydrogen-bond donors (Lipinski definition) is 3. The number of carbonyl (C=O) groups is 1. The second kappa shape index (κ2) is 5.40. The van der Waals surface area contributed by atoms with Crippen LogP contribution in [0.2, 0.25) is 0 Å². The minimum absolute atomic E-state index is 0.0235. The molecule has 2 aliphatic heterocycles. The smallest absolute Gasteiger partial charge is 0.248 e. The number of rotatable bonds is 4. The number of benzene rings is 1. The maximum Gasteiger partial charge on any atom is 0.248 e. The molecule has 1 amide bonds. The van der Waals surface area contributed by atoms with Gasteiger partial charge in [0, 0.05) is 23.7 Å². The highest BCUT2D eigenvalue weighted by Gasteiger charge is 2.35. The van der Waals surface area contributed by atoms with Crippen LogP contribution >= 0.6 is 0 Å². The van der Waals surface area contributed by atoms with Crippen molar-refractivity contribution < 1.29 is 13.2 Å². The van der Waals surface area contributed by atoms with Gasteiger partial charge in [0.2, 0.25) is 15.9 Å². The molecule has 2 fully saturated rings. The Morgan fingerprint density at radius 2 is 1.71 bits per heavy atom. The number of amides is 1. The number of primary amides is 1. The predicted octanol–water partition coefficient (Wildman–Crippen LogP) is 0.347. The molecule has 0 aliphatic carbocycles. The highest BCUT2D eigenvalue weighted by atomic mass is 32.2. The zero-order valence-electron chi connectivity index (χ0n) is 11.6. The number of sulfonamides is 1. The van der Waals surface area contributed by atoms with Crippen molar-refractivity contribution >= 4 is 15.9 Å². The fourth-order valence-electron chi connectivity index (χ4n) is 3.24. The zero-order chi connectivity index (χ0) is 15.0. The van der Waals surface area contributed by atoms with Crippen molar-refractivity contribution in [1.29, 1.82) is 0 Å². The molecule has 2 bridgehead atoms. The van der Waals surface area contributed by atoms with Crippen molar-refractivity contribution in [3.05, 3.63) is 29.8 Å². The van der Waals surface area contributed by atoms with E-state index in [1.165, 1.54) is 24.3 Å². The van der Waals surface area contributed by atoms with Crippen molar-refractivity contribution in [3.8, 4) is 0 Å². The monoisotopic (exact) mass is 309 g/mol. The second-order valence-corrected chi connectivity index (χ2v) is 7.53. The Balaban J connectivity index is 1.73. The molecule has 4 N–H and O–H groups in total. The van der Waals surface area contributed by atoms with Gasteiger partial charge in [0.05, 0.1) is 4.90 Å². The maximum atomic E-state index is 12.4. The first-order valence-corrected chi connectivity index (χ1v) is 8.60. The van der Waals surface area contributed by atoms with Gasteiger partial charge in [0.15, 0.2) is 0 Å². The number of fused-ring (bicyclic) bond motifs is 2. The average Bonchev–Trinajstić information content (AvgIpc) is 2.77. The van der Waals surface area contributed by atoms with E-state index in [2.05, 4.69) is 10.0 Å². The first-order valence-electron chi connectivity index (χ1n) is 7.12. The van der Waals surface area contributed by atoms with Crippen LogP contribution in [0.4, 0.5) is 0 Å². The highest BCUT2D eigenvalue weighted by molar-refractivity contribution is 7.89. The molecule has 0 saturated carbocycles. The molecular weight excluding hydrogens is 290 g/mol. The molecule has 2 atom stereocenters. The molecule has 2 aliphatic rings. The lowest BCUT2D eigenvalue weighted by Crippen LogP contribution is -2.47. The van der Waals surface area contributed by atoms with Gasteiger partial charge in [-0.25, -0.2) is 13.1 Å².